The molecule has 0 atom stereocenters. The van der Waals surface area contributed by atoms with E-state index in [4.69, 9.17) is 9.26 Å². The summed E-state index contributed by atoms with van der Waals surface area (Å²) in [5.74, 6) is 0.862. The van der Waals surface area contributed by atoms with Crippen molar-refractivity contribution in [2.45, 2.75) is 52.2 Å². The van der Waals surface area contributed by atoms with Crippen LogP contribution in [0.25, 0.3) is 11.6 Å². The van der Waals surface area contributed by atoms with E-state index in [0.717, 1.165) is 35.8 Å². The average molecular weight is 409 g/mol. The highest BCUT2D eigenvalue weighted by atomic mass is 79.9. The number of aryl methyl sites for hydroxylation is 2. The van der Waals surface area contributed by atoms with Crippen molar-refractivity contribution in [1.29, 1.82) is 0 Å². The van der Waals surface area contributed by atoms with E-state index in [0.29, 0.717) is 22.8 Å². The number of ether oxygens (including phenoxy) is 1. The van der Waals surface area contributed by atoms with Crippen LogP contribution in [0.15, 0.2) is 15.2 Å². The van der Waals surface area contributed by atoms with Crippen LogP contribution in [0.2, 0.25) is 0 Å². The lowest BCUT2D eigenvalue weighted by Gasteiger charge is -2.23. The van der Waals surface area contributed by atoms with Crippen LogP contribution < -0.4 is 0 Å². The highest BCUT2D eigenvalue weighted by Gasteiger charge is 2.26. The van der Waals surface area contributed by atoms with Gasteiger partial charge in [0.2, 0.25) is 5.76 Å². The second kappa shape index (κ2) is 7.51. The predicted molar refractivity (Wildman–Crippen MR) is 94.9 cm³/mol. The molecule has 7 nitrogen and oxygen atoms in total. The molecule has 1 saturated carbocycles. The summed E-state index contributed by atoms with van der Waals surface area (Å²) < 4.78 is 11.7. The van der Waals surface area contributed by atoms with E-state index in [2.05, 4.69) is 31.1 Å². The van der Waals surface area contributed by atoms with Crippen molar-refractivity contribution < 1.29 is 14.1 Å². The molecule has 1 aliphatic carbocycles. The van der Waals surface area contributed by atoms with Crippen molar-refractivity contribution in [3.05, 3.63) is 27.6 Å². The van der Waals surface area contributed by atoms with Crippen LogP contribution in [0.1, 0.15) is 42.6 Å². The Labute approximate surface area is 154 Å². The molecule has 0 unspecified atom stereocenters. The van der Waals surface area contributed by atoms with Gasteiger partial charge in [-0.15, -0.1) is 0 Å². The minimum Gasteiger partial charge on any atom is -0.444 e. The van der Waals surface area contributed by atoms with Gasteiger partial charge in [-0.25, -0.2) is 14.8 Å². The van der Waals surface area contributed by atoms with Crippen molar-refractivity contribution in [2.24, 2.45) is 0 Å². The van der Waals surface area contributed by atoms with Gasteiger partial charge in [0.15, 0.2) is 5.82 Å². The summed E-state index contributed by atoms with van der Waals surface area (Å²) in [4.78, 5) is 22.7. The summed E-state index contributed by atoms with van der Waals surface area (Å²) >= 11 is 3.38. The zero-order valence-electron chi connectivity index (χ0n) is 14.6. The Hall–Kier alpha value is -1.96. The molecule has 1 aliphatic rings. The standard InChI is InChI=1S/C17H21BrN4O3/c1-10-13(9-24-17(23)22(3)12-6-4-5-7-12)15(25-21-10)16-19-8-14(18)11(2)20-16/h8,12H,4-7,9H2,1-3H3. The number of carbonyl (C=O) groups excluding carboxylic acids is 1. The SMILES string of the molecule is Cc1nc(-c2onc(C)c2COC(=O)N(C)C2CCCC2)ncc1Br. The molecule has 0 N–H and O–H groups in total. The molecule has 8 heteroatoms. The van der Waals surface area contributed by atoms with E-state index in [1.54, 1.807) is 18.1 Å². The molecule has 2 aromatic rings. The molecule has 0 radical (unpaired) electrons. The first-order valence-corrected chi connectivity index (χ1v) is 9.11. The van der Waals surface area contributed by atoms with E-state index < -0.39 is 0 Å². The maximum Gasteiger partial charge on any atom is 0.410 e. The van der Waals surface area contributed by atoms with Crippen molar-refractivity contribution in [2.75, 3.05) is 7.05 Å². The summed E-state index contributed by atoms with van der Waals surface area (Å²) in [6, 6.07) is 0.271. The lowest BCUT2D eigenvalue weighted by atomic mass is 10.2. The number of amides is 1. The van der Waals surface area contributed by atoms with Gasteiger partial charge >= 0.3 is 6.09 Å². The maximum atomic E-state index is 12.3. The highest BCUT2D eigenvalue weighted by Crippen LogP contribution is 2.27. The van der Waals surface area contributed by atoms with Crippen molar-refractivity contribution in [3.63, 3.8) is 0 Å². The molecule has 2 aromatic heterocycles. The van der Waals surface area contributed by atoms with E-state index >= 15 is 0 Å². The predicted octanol–water partition coefficient (Wildman–Crippen LogP) is 4.02. The first kappa shape index (κ1) is 17.8. The van der Waals surface area contributed by atoms with Gasteiger partial charge in [-0.3, -0.25) is 0 Å². The molecule has 0 saturated heterocycles. The first-order valence-electron chi connectivity index (χ1n) is 8.31. The third kappa shape index (κ3) is 3.84. The van der Waals surface area contributed by atoms with E-state index in [-0.39, 0.29) is 18.7 Å². The number of halogens is 1. The number of aromatic nitrogens is 3. The van der Waals surface area contributed by atoms with Crippen molar-refractivity contribution in [3.8, 4) is 11.6 Å². The van der Waals surface area contributed by atoms with Crippen molar-refractivity contribution in [1.82, 2.24) is 20.0 Å². The van der Waals surface area contributed by atoms with Gasteiger partial charge in [0, 0.05) is 19.3 Å². The number of rotatable bonds is 4. The molecule has 0 aromatic carbocycles. The van der Waals surface area contributed by atoms with Gasteiger partial charge in [0.05, 0.1) is 21.4 Å². The van der Waals surface area contributed by atoms with Crippen LogP contribution in [-0.4, -0.2) is 39.2 Å². The zero-order chi connectivity index (χ0) is 18.0. The van der Waals surface area contributed by atoms with Crippen molar-refractivity contribution >= 4 is 22.0 Å². The number of carbonyl (C=O) groups is 1. The topological polar surface area (TPSA) is 81.3 Å². The average Bonchev–Trinajstić information content (AvgIpc) is 3.24. The van der Waals surface area contributed by atoms with Gasteiger partial charge in [-0.2, -0.15) is 0 Å². The quantitative estimate of drug-likeness (QED) is 0.759. The molecule has 0 aliphatic heterocycles. The van der Waals surface area contributed by atoms with Crippen LogP contribution in [-0.2, 0) is 11.3 Å². The fraction of sp³-hybridized carbons (Fsp3) is 0.529. The third-order valence-corrected chi connectivity index (χ3v) is 5.39. The van der Waals surface area contributed by atoms with Gasteiger partial charge in [0.1, 0.15) is 6.61 Å². The summed E-state index contributed by atoms with van der Waals surface area (Å²) in [6.07, 6.45) is 5.74. The largest absolute Gasteiger partial charge is 0.444 e. The van der Waals surface area contributed by atoms with Gasteiger partial charge in [-0.05, 0) is 42.6 Å². The van der Waals surface area contributed by atoms with Crippen LogP contribution in [0.4, 0.5) is 4.79 Å². The minimum absolute atomic E-state index is 0.0824. The smallest absolute Gasteiger partial charge is 0.410 e. The van der Waals surface area contributed by atoms with Crippen LogP contribution >= 0.6 is 15.9 Å². The Morgan fingerprint density at radius 1 is 1.36 bits per heavy atom. The van der Waals surface area contributed by atoms with Crippen LogP contribution in [0, 0.1) is 13.8 Å². The minimum atomic E-state index is -0.327. The molecule has 25 heavy (non-hydrogen) atoms. The van der Waals surface area contributed by atoms with E-state index in [9.17, 15) is 4.79 Å². The van der Waals surface area contributed by atoms with Crippen LogP contribution in [0.5, 0.6) is 0 Å². The zero-order valence-corrected chi connectivity index (χ0v) is 16.2. The number of hydrogen-bond acceptors (Lipinski definition) is 6. The number of hydrogen-bond donors (Lipinski definition) is 0. The Morgan fingerprint density at radius 2 is 2.08 bits per heavy atom. The Kier molecular flexibility index (Phi) is 5.36. The normalized spacial score (nSPS) is 14.7. The summed E-state index contributed by atoms with van der Waals surface area (Å²) in [7, 11) is 1.79. The maximum absolute atomic E-state index is 12.3. The molecule has 1 amide bonds. The van der Waals surface area contributed by atoms with E-state index in [1.165, 1.54) is 0 Å². The lowest BCUT2D eigenvalue weighted by Crippen LogP contribution is -2.35. The third-order valence-electron chi connectivity index (χ3n) is 4.61. The summed E-state index contributed by atoms with van der Waals surface area (Å²) in [5.41, 5.74) is 2.15. The molecule has 0 bridgehead atoms. The van der Waals surface area contributed by atoms with Crippen LogP contribution in [0.3, 0.4) is 0 Å². The Balaban J connectivity index is 1.73. The second-order valence-electron chi connectivity index (χ2n) is 6.31. The van der Waals surface area contributed by atoms with Gasteiger partial charge < -0.3 is 14.2 Å². The molecule has 0 spiro atoms. The fourth-order valence-corrected chi connectivity index (χ4v) is 3.16. The molecule has 2 heterocycles. The highest BCUT2D eigenvalue weighted by molar-refractivity contribution is 9.10. The first-order chi connectivity index (χ1) is 12.0. The Bertz CT molecular complexity index is 771. The fourth-order valence-electron chi connectivity index (χ4n) is 2.97. The monoisotopic (exact) mass is 408 g/mol. The lowest BCUT2D eigenvalue weighted by molar-refractivity contribution is 0.0917. The van der Waals surface area contributed by atoms with E-state index in [1.807, 2.05) is 13.8 Å². The molecular formula is C17H21BrN4O3. The summed E-state index contributed by atoms with van der Waals surface area (Å²) in [6.45, 7) is 3.76. The second-order valence-corrected chi connectivity index (χ2v) is 7.16. The molecule has 3 rings (SSSR count). The molecular weight excluding hydrogens is 388 g/mol. The van der Waals surface area contributed by atoms with Gasteiger partial charge in [0.25, 0.3) is 0 Å². The number of nitrogens with zero attached hydrogens (tertiary/aromatic N) is 4. The van der Waals surface area contributed by atoms with Gasteiger partial charge in [-0.1, -0.05) is 18.0 Å². The summed E-state index contributed by atoms with van der Waals surface area (Å²) in [5, 5.41) is 3.97. The Morgan fingerprint density at radius 3 is 2.76 bits per heavy atom. The molecule has 134 valence electrons. The molecule has 1 fully saturated rings.